The van der Waals surface area contributed by atoms with Gasteiger partial charge in [-0.05, 0) is 24.3 Å². The second kappa shape index (κ2) is 8.32. The van der Waals surface area contributed by atoms with Crippen molar-refractivity contribution >= 4 is 23.1 Å². The highest BCUT2D eigenvalue weighted by Crippen LogP contribution is 2.25. The van der Waals surface area contributed by atoms with Gasteiger partial charge < -0.3 is 10.6 Å². The summed E-state index contributed by atoms with van der Waals surface area (Å²) in [5, 5.41) is 9.12. The van der Waals surface area contributed by atoms with Gasteiger partial charge in [0.05, 0.1) is 12.2 Å². The third kappa shape index (κ3) is 4.41. The number of benzene rings is 1. The Morgan fingerprint density at radius 2 is 1.81 bits per heavy atom. The van der Waals surface area contributed by atoms with Crippen LogP contribution in [-0.2, 0) is 6.54 Å². The van der Waals surface area contributed by atoms with Gasteiger partial charge in [0.1, 0.15) is 5.82 Å². The lowest BCUT2D eigenvalue weighted by Crippen LogP contribution is -2.23. The van der Waals surface area contributed by atoms with Crippen LogP contribution >= 0.6 is 11.3 Å². The molecule has 1 saturated carbocycles. The smallest absolute Gasteiger partial charge is 0.225 e. The van der Waals surface area contributed by atoms with Crippen LogP contribution in [0.1, 0.15) is 37.0 Å². The van der Waals surface area contributed by atoms with E-state index in [4.69, 9.17) is 9.97 Å². The lowest BCUT2D eigenvalue weighted by Gasteiger charge is -2.23. The SMILES string of the molecule is c1ccc(-c2cc(NCc3cccs3)nc(NC3CCCCC3)n2)cc1. The Morgan fingerprint density at radius 3 is 2.58 bits per heavy atom. The van der Waals surface area contributed by atoms with E-state index in [1.807, 2.05) is 24.3 Å². The fourth-order valence-electron chi connectivity index (χ4n) is 3.38. The van der Waals surface area contributed by atoms with Crippen LogP contribution in [0.2, 0.25) is 0 Å². The summed E-state index contributed by atoms with van der Waals surface area (Å²) < 4.78 is 0. The zero-order chi connectivity index (χ0) is 17.6. The number of aromatic nitrogens is 2. The quantitative estimate of drug-likeness (QED) is 0.601. The van der Waals surface area contributed by atoms with Gasteiger partial charge in [0.2, 0.25) is 5.95 Å². The molecule has 1 fully saturated rings. The van der Waals surface area contributed by atoms with Crippen LogP contribution in [-0.4, -0.2) is 16.0 Å². The maximum absolute atomic E-state index is 4.78. The van der Waals surface area contributed by atoms with Gasteiger partial charge in [0.25, 0.3) is 0 Å². The Morgan fingerprint density at radius 1 is 0.962 bits per heavy atom. The van der Waals surface area contributed by atoms with E-state index < -0.39 is 0 Å². The van der Waals surface area contributed by atoms with Crippen LogP contribution in [0.3, 0.4) is 0 Å². The van der Waals surface area contributed by atoms with Crippen LogP contribution in [0, 0.1) is 0 Å². The zero-order valence-corrected chi connectivity index (χ0v) is 15.6. The normalized spacial score (nSPS) is 14.9. The minimum atomic E-state index is 0.486. The number of nitrogens with one attached hydrogen (secondary N) is 2. The van der Waals surface area contributed by atoms with E-state index in [2.05, 4.69) is 40.3 Å². The summed E-state index contributed by atoms with van der Waals surface area (Å²) in [6, 6.07) is 17.0. The Kier molecular flexibility index (Phi) is 5.45. The highest BCUT2D eigenvalue weighted by atomic mass is 32.1. The monoisotopic (exact) mass is 364 g/mol. The Labute approximate surface area is 158 Å². The van der Waals surface area contributed by atoms with E-state index in [1.54, 1.807) is 11.3 Å². The molecule has 0 atom stereocenters. The highest BCUT2D eigenvalue weighted by molar-refractivity contribution is 7.09. The molecule has 2 heterocycles. The summed E-state index contributed by atoms with van der Waals surface area (Å²) in [5.41, 5.74) is 2.06. The average Bonchev–Trinajstić information content (AvgIpc) is 3.21. The van der Waals surface area contributed by atoms with Gasteiger partial charge in [0, 0.05) is 22.5 Å². The van der Waals surface area contributed by atoms with E-state index >= 15 is 0 Å². The predicted octanol–water partition coefficient (Wildman–Crippen LogP) is 5.56. The van der Waals surface area contributed by atoms with Crippen molar-refractivity contribution in [2.75, 3.05) is 10.6 Å². The maximum Gasteiger partial charge on any atom is 0.225 e. The first-order valence-electron chi connectivity index (χ1n) is 9.34. The van der Waals surface area contributed by atoms with Crippen LogP contribution in [0.5, 0.6) is 0 Å². The molecule has 134 valence electrons. The standard InChI is InChI=1S/C21H24N4S/c1-3-8-16(9-4-1)19-14-20(22-15-18-12-7-13-26-18)25-21(24-19)23-17-10-5-2-6-11-17/h1,3-4,7-9,12-14,17H,2,5-6,10-11,15H2,(H2,22,23,24,25). The van der Waals surface area contributed by atoms with Gasteiger partial charge >= 0.3 is 0 Å². The topological polar surface area (TPSA) is 49.8 Å². The number of anilines is 2. The molecule has 2 N–H and O–H groups in total. The molecule has 3 aromatic rings. The summed E-state index contributed by atoms with van der Waals surface area (Å²) in [4.78, 5) is 10.8. The summed E-state index contributed by atoms with van der Waals surface area (Å²) in [6.07, 6.45) is 6.34. The minimum absolute atomic E-state index is 0.486. The molecule has 4 rings (SSSR count). The van der Waals surface area contributed by atoms with Gasteiger partial charge in [0.15, 0.2) is 0 Å². The predicted molar refractivity (Wildman–Crippen MR) is 110 cm³/mol. The highest BCUT2D eigenvalue weighted by Gasteiger charge is 2.15. The molecule has 0 unspecified atom stereocenters. The van der Waals surface area contributed by atoms with Gasteiger partial charge in [-0.2, -0.15) is 4.98 Å². The van der Waals surface area contributed by atoms with E-state index in [0.29, 0.717) is 6.04 Å². The second-order valence-corrected chi connectivity index (χ2v) is 7.77. The summed E-state index contributed by atoms with van der Waals surface area (Å²) in [5.74, 6) is 1.59. The number of nitrogens with zero attached hydrogens (tertiary/aromatic N) is 2. The molecule has 0 bridgehead atoms. The van der Waals surface area contributed by atoms with Crippen LogP contribution in [0.25, 0.3) is 11.3 Å². The van der Waals surface area contributed by atoms with Crippen molar-refractivity contribution < 1.29 is 0 Å². The average molecular weight is 365 g/mol. The summed E-state index contributed by atoms with van der Waals surface area (Å²) in [6.45, 7) is 0.784. The molecule has 0 amide bonds. The fraction of sp³-hybridized carbons (Fsp3) is 0.333. The fourth-order valence-corrected chi connectivity index (χ4v) is 4.02. The Hall–Kier alpha value is -2.40. The number of hydrogen-bond donors (Lipinski definition) is 2. The third-order valence-corrected chi connectivity index (χ3v) is 5.63. The first-order valence-corrected chi connectivity index (χ1v) is 10.2. The van der Waals surface area contributed by atoms with E-state index in [-0.39, 0.29) is 0 Å². The number of thiophene rings is 1. The van der Waals surface area contributed by atoms with Crippen molar-refractivity contribution in [3.8, 4) is 11.3 Å². The van der Waals surface area contributed by atoms with E-state index in [9.17, 15) is 0 Å². The molecule has 1 aliphatic carbocycles. The molecule has 4 nitrogen and oxygen atoms in total. The van der Waals surface area contributed by atoms with Gasteiger partial charge in [-0.25, -0.2) is 4.98 Å². The molecule has 0 radical (unpaired) electrons. The van der Waals surface area contributed by atoms with Crippen LogP contribution in [0.4, 0.5) is 11.8 Å². The second-order valence-electron chi connectivity index (χ2n) is 6.74. The largest absolute Gasteiger partial charge is 0.365 e. The van der Waals surface area contributed by atoms with Crippen molar-refractivity contribution in [3.05, 3.63) is 58.8 Å². The van der Waals surface area contributed by atoms with Crippen LogP contribution < -0.4 is 10.6 Å². The van der Waals surface area contributed by atoms with Crippen molar-refractivity contribution in [3.63, 3.8) is 0 Å². The van der Waals surface area contributed by atoms with Gasteiger partial charge in [-0.3, -0.25) is 0 Å². The molecule has 0 spiro atoms. The molecular weight excluding hydrogens is 340 g/mol. The maximum atomic E-state index is 4.78. The number of rotatable bonds is 6. The molecule has 0 saturated heterocycles. The lowest BCUT2D eigenvalue weighted by atomic mass is 9.96. The van der Waals surface area contributed by atoms with Crippen molar-refractivity contribution in [2.45, 2.75) is 44.7 Å². The minimum Gasteiger partial charge on any atom is -0.365 e. The Balaban J connectivity index is 1.58. The summed E-state index contributed by atoms with van der Waals surface area (Å²) in [7, 11) is 0. The lowest BCUT2D eigenvalue weighted by molar-refractivity contribution is 0.461. The molecule has 26 heavy (non-hydrogen) atoms. The third-order valence-electron chi connectivity index (χ3n) is 4.76. The summed E-state index contributed by atoms with van der Waals surface area (Å²) >= 11 is 1.75. The van der Waals surface area contributed by atoms with Gasteiger partial charge in [-0.15, -0.1) is 11.3 Å². The van der Waals surface area contributed by atoms with Crippen molar-refractivity contribution in [2.24, 2.45) is 0 Å². The van der Waals surface area contributed by atoms with Crippen LogP contribution in [0.15, 0.2) is 53.9 Å². The molecule has 1 aliphatic rings. The van der Waals surface area contributed by atoms with E-state index in [1.165, 1.54) is 37.0 Å². The van der Waals surface area contributed by atoms with Gasteiger partial charge in [-0.1, -0.05) is 55.7 Å². The molecular formula is C21H24N4S. The Bertz CT molecular complexity index is 811. The molecule has 5 heteroatoms. The first kappa shape index (κ1) is 17.0. The molecule has 2 aromatic heterocycles. The number of hydrogen-bond acceptors (Lipinski definition) is 5. The molecule has 0 aliphatic heterocycles. The van der Waals surface area contributed by atoms with Crippen molar-refractivity contribution in [1.82, 2.24) is 9.97 Å². The molecule has 1 aromatic carbocycles. The zero-order valence-electron chi connectivity index (χ0n) is 14.8. The van der Waals surface area contributed by atoms with Crippen molar-refractivity contribution in [1.29, 1.82) is 0 Å². The van der Waals surface area contributed by atoms with E-state index in [0.717, 1.165) is 29.6 Å². The first-order chi connectivity index (χ1) is 12.9.